The number of amides is 1. The summed E-state index contributed by atoms with van der Waals surface area (Å²) in [6, 6.07) is 0.715. The number of hydrogen-bond acceptors (Lipinski definition) is 2. The third-order valence-electron chi connectivity index (χ3n) is 4.48. The molecule has 2 heterocycles. The number of nitrogens with zero attached hydrogens (tertiary/aromatic N) is 1. The SMILES string of the molecule is CCCCC(CCC)N1CCC2(CNC2=O)C1. The van der Waals surface area contributed by atoms with E-state index in [1.165, 1.54) is 32.1 Å². The van der Waals surface area contributed by atoms with E-state index in [-0.39, 0.29) is 5.41 Å². The highest BCUT2D eigenvalue weighted by Crippen LogP contribution is 2.37. The molecule has 17 heavy (non-hydrogen) atoms. The first-order valence-electron chi connectivity index (χ1n) is 7.24. The molecule has 2 saturated heterocycles. The Morgan fingerprint density at radius 1 is 1.35 bits per heavy atom. The Morgan fingerprint density at radius 3 is 2.65 bits per heavy atom. The lowest BCUT2D eigenvalue weighted by molar-refractivity contribution is -0.139. The Hall–Kier alpha value is -0.570. The zero-order chi connectivity index (χ0) is 12.3. The van der Waals surface area contributed by atoms with Crippen molar-refractivity contribution in [3.8, 4) is 0 Å². The lowest BCUT2D eigenvalue weighted by atomic mass is 9.80. The molecule has 1 amide bonds. The van der Waals surface area contributed by atoms with Gasteiger partial charge in [0.2, 0.25) is 5.91 Å². The Morgan fingerprint density at radius 2 is 2.18 bits per heavy atom. The molecular weight excluding hydrogens is 212 g/mol. The molecule has 2 fully saturated rings. The Balaban J connectivity index is 1.89. The molecule has 2 rings (SSSR count). The van der Waals surface area contributed by atoms with Gasteiger partial charge in [-0.25, -0.2) is 0 Å². The number of nitrogens with one attached hydrogen (secondary N) is 1. The van der Waals surface area contributed by atoms with Gasteiger partial charge in [-0.2, -0.15) is 0 Å². The second kappa shape index (κ2) is 5.38. The van der Waals surface area contributed by atoms with Gasteiger partial charge in [-0.05, 0) is 25.8 Å². The standard InChI is InChI=1S/C14H26N2O/c1-3-5-7-12(6-4-2)16-9-8-14(11-16)10-15-13(14)17/h12H,3-11H2,1-2H3,(H,15,17). The van der Waals surface area contributed by atoms with Gasteiger partial charge in [0, 0.05) is 19.1 Å². The minimum atomic E-state index is -0.00178. The first-order valence-corrected chi connectivity index (χ1v) is 7.24. The minimum Gasteiger partial charge on any atom is -0.354 e. The fraction of sp³-hybridized carbons (Fsp3) is 0.929. The lowest BCUT2D eigenvalue weighted by Crippen LogP contribution is -2.60. The van der Waals surface area contributed by atoms with E-state index in [1.54, 1.807) is 0 Å². The van der Waals surface area contributed by atoms with E-state index in [2.05, 4.69) is 24.1 Å². The van der Waals surface area contributed by atoms with Crippen LogP contribution in [0.3, 0.4) is 0 Å². The van der Waals surface area contributed by atoms with E-state index < -0.39 is 0 Å². The molecule has 0 aromatic rings. The van der Waals surface area contributed by atoms with Gasteiger partial charge in [-0.15, -0.1) is 0 Å². The second-order valence-electron chi connectivity index (χ2n) is 5.77. The summed E-state index contributed by atoms with van der Waals surface area (Å²) in [6.45, 7) is 7.57. The van der Waals surface area contributed by atoms with Crippen molar-refractivity contribution in [1.82, 2.24) is 10.2 Å². The van der Waals surface area contributed by atoms with Crippen LogP contribution in [0.15, 0.2) is 0 Å². The van der Waals surface area contributed by atoms with Gasteiger partial charge in [0.25, 0.3) is 0 Å². The van der Waals surface area contributed by atoms with Crippen molar-refractivity contribution in [3.05, 3.63) is 0 Å². The third-order valence-corrected chi connectivity index (χ3v) is 4.48. The topological polar surface area (TPSA) is 32.3 Å². The van der Waals surface area contributed by atoms with E-state index in [0.29, 0.717) is 11.9 Å². The maximum absolute atomic E-state index is 11.7. The zero-order valence-corrected chi connectivity index (χ0v) is 11.3. The highest BCUT2D eigenvalue weighted by Gasteiger charge is 2.51. The molecule has 0 saturated carbocycles. The summed E-state index contributed by atoms with van der Waals surface area (Å²) in [7, 11) is 0. The van der Waals surface area contributed by atoms with Crippen molar-refractivity contribution in [2.75, 3.05) is 19.6 Å². The summed E-state index contributed by atoms with van der Waals surface area (Å²) in [4.78, 5) is 14.2. The maximum Gasteiger partial charge on any atom is 0.229 e. The summed E-state index contributed by atoms with van der Waals surface area (Å²) in [5.74, 6) is 0.297. The number of likely N-dealkylation sites (tertiary alicyclic amines) is 1. The summed E-state index contributed by atoms with van der Waals surface area (Å²) in [5.41, 5.74) is -0.00178. The molecule has 2 aliphatic rings. The number of unbranched alkanes of at least 4 members (excludes halogenated alkanes) is 1. The van der Waals surface area contributed by atoms with Gasteiger partial charge in [0.05, 0.1) is 5.41 Å². The van der Waals surface area contributed by atoms with Gasteiger partial charge in [0.1, 0.15) is 0 Å². The van der Waals surface area contributed by atoms with E-state index >= 15 is 0 Å². The van der Waals surface area contributed by atoms with Crippen LogP contribution in [0.25, 0.3) is 0 Å². The third kappa shape index (κ3) is 2.49. The average molecular weight is 238 g/mol. The number of carbonyl (C=O) groups excluding carboxylic acids is 1. The molecule has 3 heteroatoms. The predicted octanol–water partition coefficient (Wildman–Crippen LogP) is 2.17. The first-order chi connectivity index (χ1) is 8.22. The van der Waals surface area contributed by atoms with E-state index in [1.807, 2.05) is 0 Å². The quantitative estimate of drug-likeness (QED) is 0.719. The molecule has 2 unspecified atom stereocenters. The van der Waals surface area contributed by atoms with Crippen LogP contribution in [-0.2, 0) is 4.79 Å². The normalized spacial score (nSPS) is 30.4. The summed E-state index contributed by atoms with van der Waals surface area (Å²) in [6.07, 6.45) is 7.52. The average Bonchev–Trinajstić information content (AvgIpc) is 2.80. The van der Waals surface area contributed by atoms with Crippen molar-refractivity contribution in [1.29, 1.82) is 0 Å². The molecule has 0 aromatic heterocycles. The molecule has 3 nitrogen and oxygen atoms in total. The van der Waals surface area contributed by atoms with E-state index in [0.717, 1.165) is 26.1 Å². The highest BCUT2D eigenvalue weighted by molar-refractivity contribution is 5.89. The summed E-state index contributed by atoms with van der Waals surface area (Å²) in [5, 5.41) is 2.91. The largest absolute Gasteiger partial charge is 0.354 e. The Kier molecular flexibility index (Phi) is 4.08. The van der Waals surface area contributed by atoms with Crippen LogP contribution in [0.2, 0.25) is 0 Å². The summed E-state index contributed by atoms with van der Waals surface area (Å²) < 4.78 is 0. The molecule has 2 atom stereocenters. The molecular formula is C14H26N2O. The molecule has 1 spiro atoms. The molecule has 0 radical (unpaired) electrons. The predicted molar refractivity (Wildman–Crippen MR) is 69.9 cm³/mol. The van der Waals surface area contributed by atoms with Crippen molar-refractivity contribution in [3.63, 3.8) is 0 Å². The van der Waals surface area contributed by atoms with Gasteiger partial charge >= 0.3 is 0 Å². The van der Waals surface area contributed by atoms with Crippen LogP contribution in [0.5, 0.6) is 0 Å². The Bertz CT molecular complexity index is 279. The molecule has 1 N–H and O–H groups in total. The highest BCUT2D eigenvalue weighted by atomic mass is 16.2. The lowest BCUT2D eigenvalue weighted by Gasteiger charge is -2.38. The molecule has 0 aliphatic carbocycles. The van der Waals surface area contributed by atoms with Crippen molar-refractivity contribution < 1.29 is 4.79 Å². The van der Waals surface area contributed by atoms with Gasteiger partial charge in [-0.1, -0.05) is 33.1 Å². The smallest absolute Gasteiger partial charge is 0.229 e. The fourth-order valence-corrected chi connectivity index (χ4v) is 3.24. The van der Waals surface area contributed by atoms with Crippen molar-refractivity contribution in [2.45, 2.75) is 58.4 Å². The van der Waals surface area contributed by atoms with E-state index in [9.17, 15) is 4.79 Å². The van der Waals surface area contributed by atoms with Gasteiger partial charge < -0.3 is 5.32 Å². The van der Waals surface area contributed by atoms with Gasteiger partial charge in [0.15, 0.2) is 0 Å². The van der Waals surface area contributed by atoms with Crippen LogP contribution in [0, 0.1) is 5.41 Å². The molecule has 0 aromatic carbocycles. The number of hydrogen-bond donors (Lipinski definition) is 1. The maximum atomic E-state index is 11.7. The number of carbonyl (C=O) groups is 1. The van der Waals surface area contributed by atoms with Crippen molar-refractivity contribution >= 4 is 5.91 Å². The molecule has 0 bridgehead atoms. The molecule has 98 valence electrons. The monoisotopic (exact) mass is 238 g/mol. The fourth-order valence-electron chi connectivity index (χ4n) is 3.24. The second-order valence-corrected chi connectivity index (χ2v) is 5.77. The van der Waals surface area contributed by atoms with Crippen LogP contribution in [0.1, 0.15) is 52.4 Å². The van der Waals surface area contributed by atoms with Crippen LogP contribution in [-0.4, -0.2) is 36.5 Å². The van der Waals surface area contributed by atoms with Crippen LogP contribution >= 0.6 is 0 Å². The number of β-lactam (4-membered cyclic amide) rings is 1. The van der Waals surface area contributed by atoms with Gasteiger partial charge in [-0.3, -0.25) is 9.69 Å². The summed E-state index contributed by atoms with van der Waals surface area (Å²) >= 11 is 0. The Labute approximate surface area is 105 Å². The zero-order valence-electron chi connectivity index (χ0n) is 11.3. The molecule has 2 aliphatic heterocycles. The minimum absolute atomic E-state index is 0.00178. The van der Waals surface area contributed by atoms with E-state index in [4.69, 9.17) is 0 Å². The van der Waals surface area contributed by atoms with Crippen LogP contribution < -0.4 is 5.32 Å². The first kappa shape index (κ1) is 12.9. The van der Waals surface area contributed by atoms with Crippen LogP contribution in [0.4, 0.5) is 0 Å². The number of rotatable bonds is 6. The van der Waals surface area contributed by atoms with Crippen molar-refractivity contribution in [2.24, 2.45) is 5.41 Å².